The van der Waals surface area contributed by atoms with E-state index < -0.39 is 6.09 Å². The van der Waals surface area contributed by atoms with E-state index in [0.29, 0.717) is 19.6 Å². The molecule has 0 atom stereocenters. The summed E-state index contributed by atoms with van der Waals surface area (Å²) in [5.74, 6) is 0. The summed E-state index contributed by atoms with van der Waals surface area (Å²) in [5, 5.41) is 13.2. The minimum atomic E-state index is -0.876. The molecule has 0 saturated carbocycles. The minimum absolute atomic E-state index is 0.411. The van der Waals surface area contributed by atoms with Crippen molar-refractivity contribution >= 4 is 34.8 Å². The second kappa shape index (κ2) is 3.84. The van der Waals surface area contributed by atoms with Gasteiger partial charge in [0.25, 0.3) is 0 Å². The summed E-state index contributed by atoms with van der Waals surface area (Å²) in [4.78, 5) is 12.2. The molecule has 0 fully saturated rings. The zero-order chi connectivity index (χ0) is 11.0. The molecule has 6 heteroatoms. The molecule has 1 aliphatic rings. The van der Waals surface area contributed by atoms with Gasteiger partial charge in [-0.1, -0.05) is 6.58 Å². The molecule has 1 aromatic heterocycles. The van der Waals surface area contributed by atoms with E-state index in [1.54, 1.807) is 6.08 Å². The van der Waals surface area contributed by atoms with Crippen LogP contribution in [0.25, 0.3) is 6.08 Å². The van der Waals surface area contributed by atoms with E-state index in [9.17, 15) is 4.79 Å². The molecule has 15 heavy (non-hydrogen) atoms. The van der Waals surface area contributed by atoms with Gasteiger partial charge in [-0.2, -0.15) is 5.10 Å². The van der Waals surface area contributed by atoms with Crippen molar-refractivity contribution in [2.24, 2.45) is 0 Å². The second-order valence-corrected chi connectivity index (χ2v) is 4.36. The Morgan fingerprint density at radius 1 is 1.60 bits per heavy atom. The van der Waals surface area contributed by atoms with Crippen molar-refractivity contribution in [1.82, 2.24) is 14.7 Å². The van der Waals surface area contributed by atoms with E-state index in [2.05, 4.69) is 34.3 Å². The van der Waals surface area contributed by atoms with Gasteiger partial charge in [0, 0.05) is 6.54 Å². The molecular formula is C9H10IN3O2. The van der Waals surface area contributed by atoms with Gasteiger partial charge in [-0.05, 0) is 28.7 Å². The number of hydrogen-bond acceptors (Lipinski definition) is 2. The highest BCUT2D eigenvalue weighted by atomic mass is 127. The lowest BCUT2D eigenvalue weighted by atomic mass is 10.3. The number of fused-ring (bicyclic) bond motifs is 1. The highest BCUT2D eigenvalue weighted by Crippen LogP contribution is 2.22. The predicted octanol–water partition coefficient (Wildman–Crippen LogP) is 1.62. The van der Waals surface area contributed by atoms with Gasteiger partial charge in [-0.15, -0.1) is 0 Å². The van der Waals surface area contributed by atoms with Crippen LogP contribution >= 0.6 is 22.6 Å². The Kier molecular flexibility index (Phi) is 2.68. The summed E-state index contributed by atoms with van der Waals surface area (Å²) in [5.41, 5.74) is 1.79. The highest BCUT2D eigenvalue weighted by molar-refractivity contribution is 14.1. The SMILES string of the molecule is C=Cc1nn2c(c1I)CN(C(=O)O)CC2. The van der Waals surface area contributed by atoms with Crippen LogP contribution in [0.1, 0.15) is 11.4 Å². The molecule has 0 radical (unpaired) electrons. The van der Waals surface area contributed by atoms with Gasteiger partial charge in [-0.3, -0.25) is 4.68 Å². The number of amides is 1. The van der Waals surface area contributed by atoms with Crippen molar-refractivity contribution in [3.05, 3.63) is 21.5 Å². The molecule has 2 heterocycles. The summed E-state index contributed by atoms with van der Waals surface area (Å²) >= 11 is 2.18. The molecule has 1 N–H and O–H groups in total. The van der Waals surface area contributed by atoms with Crippen molar-refractivity contribution in [3.63, 3.8) is 0 Å². The maximum Gasteiger partial charge on any atom is 0.407 e. The van der Waals surface area contributed by atoms with Crippen LogP contribution in [0.5, 0.6) is 0 Å². The lowest BCUT2D eigenvalue weighted by Gasteiger charge is -2.25. The maximum atomic E-state index is 10.8. The molecule has 0 unspecified atom stereocenters. The number of carbonyl (C=O) groups is 1. The smallest absolute Gasteiger partial charge is 0.407 e. The van der Waals surface area contributed by atoms with Crippen molar-refractivity contribution in [2.75, 3.05) is 6.54 Å². The molecule has 1 aliphatic heterocycles. The van der Waals surface area contributed by atoms with Crippen LogP contribution in [-0.4, -0.2) is 32.4 Å². The Bertz CT molecular complexity index is 427. The van der Waals surface area contributed by atoms with E-state index in [-0.39, 0.29) is 0 Å². The third kappa shape index (κ3) is 1.73. The summed E-state index contributed by atoms with van der Waals surface area (Å²) < 4.78 is 2.85. The van der Waals surface area contributed by atoms with Gasteiger partial charge >= 0.3 is 6.09 Å². The molecule has 5 nitrogen and oxygen atoms in total. The topological polar surface area (TPSA) is 58.4 Å². The number of nitrogens with zero attached hydrogens (tertiary/aromatic N) is 3. The van der Waals surface area contributed by atoms with Gasteiger partial charge in [0.1, 0.15) is 0 Å². The molecule has 0 aromatic carbocycles. The lowest BCUT2D eigenvalue weighted by molar-refractivity contribution is 0.131. The number of halogens is 1. The summed E-state index contributed by atoms with van der Waals surface area (Å²) in [6.45, 7) is 5.20. The lowest BCUT2D eigenvalue weighted by Crippen LogP contribution is -2.37. The standard InChI is InChI=1S/C9H10IN3O2/c1-2-6-8(10)7-5-12(9(14)15)3-4-13(7)11-6/h2H,1,3-5H2,(H,14,15). The first-order valence-electron chi connectivity index (χ1n) is 4.49. The predicted molar refractivity (Wildman–Crippen MR) is 63.5 cm³/mol. The summed E-state index contributed by atoms with van der Waals surface area (Å²) in [7, 11) is 0. The van der Waals surface area contributed by atoms with Gasteiger partial charge in [-0.25, -0.2) is 4.79 Å². The zero-order valence-electron chi connectivity index (χ0n) is 7.98. The molecule has 1 aromatic rings. The third-order valence-electron chi connectivity index (χ3n) is 2.40. The number of aromatic nitrogens is 2. The summed E-state index contributed by atoms with van der Waals surface area (Å²) in [6.07, 6.45) is 0.816. The second-order valence-electron chi connectivity index (χ2n) is 3.28. The molecule has 80 valence electrons. The van der Waals surface area contributed by atoms with Crippen molar-refractivity contribution in [1.29, 1.82) is 0 Å². The van der Waals surface area contributed by atoms with Gasteiger partial charge in [0.15, 0.2) is 0 Å². The first kappa shape index (κ1) is 10.5. The molecule has 0 saturated heterocycles. The maximum absolute atomic E-state index is 10.8. The Hall–Kier alpha value is -1.05. The molecule has 0 spiro atoms. The fraction of sp³-hybridized carbons (Fsp3) is 0.333. The fourth-order valence-electron chi connectivity index (χ4n) is 1.60. The number of hydrogen-bond donors (Lipinski definition) is 1. The highest BCUT2D eigenvalue weighted by Gasteiger charge is 2.24. The van der Waals surface area contributed by atoms with E-state index >= 15 is 0 Å². The Morgan fingerprint density at radius 3 is 2.93 bits per heavy atom. The van der Waals surface area contributed by atoms with Crippen molar-refractivity contribution in [3.8, 4) is 0 Å². The quantitative estimate of drug-likeness (QED) is 0.801. The van der Waals surface area contributed by atoms with E-state index in [4.69, 9.17) is 5.11 Å². The van der Waals surface area contributed by atoms with Crippen LogP contribution in [-0.2, 0) is 13.1 Å². The Morgan fingerprint density at radius 2 is 2.33 bits per heavy atom. The first-order valence-corrected chi connectivity index (χ1v) is 5.57. The normalized spacial score (nSPS) is 14.9. The van der Waals surface area contributed by atoms with E-state index in [0.717, 1.165) is 15.0 Å². The van der Waals surface area contributed by atoms with Crippen LogP contribution < -0.4 is 0 Å². The van der Waals surface area contributed by atoms with E-state index in [1.165, 1.54) is 4.90 Å². The Labute approximate surface area is 101 Å². The van der Waals surface area contributed by atoms with Gasteiger partial charge < -0.3 is 10.0 Å². The average molecular weight is 319 g/mol. The summed E-state index contributed by atoms with van der Waals surface area (Å²) in [6, 6.07) is 0. The minimum Gasteiger partial charge on any atom is -0.465 e. The van der Waals surface area contributed by atoms with E-state index in [1.807, 2.05) is 4.68 Å². The molecular weight excluding hydrogens is 309 g/mol. The van der Waals surface area contributed by atoms with Crippen LogP contribution in [0.4, 0.5) is 4.79 Å². The molecule has 0 aliphatic carbocycles. The van der Waals surface area contributed by atoms with Crippen molar-refractivity contribution < 1.29 is 9.90 Å². The number of rotatable bonds is 1. The largest absolute Gasteiger partial charge is 0.465 e. The van der Waals surface area contributed by atoms with Crippen molar-refractivity contribution in [2.45, 2.75) is 13.1 Å². The molecule has 1 amide bonds. The Balaban J connectivity index is 2.36. The van der Waals surface area contributed by atoms with Crippen LogP contribution in [0, 0.1) is 3.57 Å². The van der Waals surface area contributed by atoms with Gasteiger partial charge in [0.2, 0.25) is 0 Å². The average Bonchev–Trinajstić information content (AvgIpc) is 2.55. The monoisotopic (exact) mass is 319 g/mol. The van der Waals surface area contributed by atoms with Crippen LogP contribution in [0.3, 0.4) is 0 Å². The van der Waals surface area contributed by atoms with Gasteiger partial charge in [0.05, 0.1) is 28.0 Å². The number of carboxylic acid groups (broad SMARTS) is 1. The van der Waals surface area contributed by atoms with Crippen LogP contribution in [0.2, 0.25) is 0 Å². The fourth-order valence-corrected chi connectivity index (χ4v) is 2.38. The molecule has 2 rings (SSSR count). The zero-order valence-corrected chi connectivity index (χ0v) is 10.1. The van der Waals surface area contributed by atoms with Crippen LogP contribution in [0.15, 0.2) is 6.58 Å². The first-order chi connectivity index (χ1) is 7.13. The third-order valence-corrected chi connectivity index (χ3v) is 3.58. The molecule has 0 bridgehead atoms.